The number of piperidine rings is 1. The molecule has 1 saturated heterocycles. The minimum Gasteiger partial charge on any atom is -0.375 e. The van der Waals surface area contributed by atoms with E-state index in [-0.39, 0.29) is 42.1 Å². The van der Waals surface area contributed by atoms with Gasteiger partial charge in [0.1, 0.15) is 21.5 Å². The minimum atomic E-state index is -3.82. The Morgan fingerprint density at radius 1 is 1.07 bits per heavy atom. The Kier molecular flexibility index (Phi) is 8.39. The number of benzene rings is 1. The molecule has 230 valence electrons. The summed E-state index contributed by atoms with van der Waals surface area (Å²) in [5.74, 6) is -1.98. The lowest BCUT2D eigenvalue weighted by atomic mass is 9.92. The van der Waals surface area contributed by atoms with E-state index in [9.17, 15) is 25.6 Å². The van der Waals surface area contributed by atoms with Crippen molar-refractivity contribution in [2.24, 2.45) is 11.7 Å². The molecule has 4 heterocycles. The first-order valence-electron chi connectivity index (χ1n) is 13.3. The van der Waals surface area contributed by atoms with Gasteiger partial charge in [0.05, 0.1) is 63.9 Å². The number of nitrogens with zero attached hydrogens (tertiary/aromatic N) is 5. The maximum absolute atomic E-state index is 14.9. The molecule has 0 amide bonds. The number of hydrogen-bond acceptors (Lipinski definition) is 11. The first-order valence-corrected chi connectivity index (χ1v) is 17.2. The molecule has 1 aromatic carbocycles. The van der Waals surface area contributed by atoms with E-state index in [0.717, 1.165) is 30.3 Å². The van der Waals surface area contributed by atoms with Crippen LogP contribution in [0.15, 0.2) is 53.8 Å². The zero-order chi connectivity index (χ0) is 31.1. The van der Waals surface area contributed by atoms with Crippen LogP contribution < -0.4 is 16.0 Å². The summed E-state index contributed by atoms with van der Waals surface area (Å²) >= 11 is 0. The van der Waals surface area contributed by atoms with E-state index >= 15 is 0 Å². The number of rotatable bonds is 9. The minimum absolute atomic E-state index is 0.0142. The summed E-state index contributed by atoms with van der Waals surface area (Å²) in [5, 5.41) is 7.59. The van der Waals surface area contributed by atoms with Gasteiger partial charge in [-0.25, -0.2) is 30.6 Å². The fourth-order valence-electron chi connectivity index (χ4n) is 5.12. The van der Waals surface area contributed by atoms with Gasteiger partial charge in [0.15, 0.2) is 9.84 Å². The van der Waals surface area contributed by atoms with E-state index in [0.29, 0.717) is 24.3 Å². The molecule has 3 aromatic heterocycles. The maximum Gasteiger partial charge on any atom is 0.229 e. The molecule has 3 N–H and O–H groups in total. The van der Waals surface area contributed by atoms with Crippen LogP contribution in [0.2, 0.25) is 0 Å². The molecule has 1 fully saturated rings. The number of pyridine rings is 1. The largest absolute Gasteiger partial charge is 0.375 e. The Bertz CT molecular complexity index is 1850. The predicted octanol–water partition coefficient (Wildman–Crippen LogP) is 2.43. The van der Waals surface area contributed by atoms with Crippen LogP contribution in [0.1, 0.15) is 6.92 Å². The number of ether oxygens (including phenoxy) is 1. The molecular weight excluding hydrogens is 604 g/mol. The monoisotopic (exact) mass is 635 g/mol. The van der Waals surface area contributed by atoms with Crippen molar-refractivity contribution in [3.63, 3.8) is 0 Å². The fourth-order valence-corrected chi connectivity index (χ4v) is 6.15. The lowest BCUT2D eigenvalue weighted by Crippen LogP contribution is -2.57. The van der Waals surface area contributed by atoms with Crippen molar-refractivity contribution in [1.29, 1.82) is 0 Å². The summed E-state index contributed by atoms with van der Waals surface area (Å²) in [4.78, 5) is 10.2. The number of aromatic nitrogens is 4. The van der Waals surface area contributed by atoms with Gasteiger partial charge < -0.3 is 20.7 Å². The lowest BCUT2D eigenvalue weighted by Gasteiger charge is -2.42. The predicted molar refractivity (Wildman–Crippen MR) is 158 cm³/mol. The average molecular weight is 636 g/mol. The number of sulfone groups is 2. The zero-order valence-corrected chi connectivity index (χ0v) is 25.2. The molecule has 12 nitrogen and oxygen atoms in total. The normalized spacial score (nSPS) is 19.6. The van der Waals surface area contributed by atoms with Gasteiger partial charge in [-0.15, -0.1) is 0 Å². The first-order chi connectivity index (χ1) is 20.2. The average Bonchev–Trinajstić information content (AvgIpc) is 3.31. The highest BCUT2D eigenvalue weighted by Crippen LogP contribution is 2.33. The summed E-state index contributed by atoms with van der Waals surface area (Å²) in [6.45, 7) is 3.06. The number of fused-ring (bicyclic) bond motifs is 1. The topological polar surface area (TPSA) is 162 Å². The lowest BCUT2D eigenvalue weighted by molar-refractivity contribution is 0.00183. The summed E-state index contributed by atoms with van der Waals surface area (Å²) in [6, 6.07) is 5.96. The van der Waals surface area contributed by atoms with Gasteiger partial charge in [-0.1, -0.05) is 6.92 Å². The Morgan fingerprint density at radius 2 is 1.79 bits per heavy atom. The van der Waals surface area contributed by atoms with Gasteiger partial charge in [-0.2, -0.15) is 9.61 Å². The van der Waals surface area contributed by atoms with Crippen LogP contribution in [0.25, 0.3) is 16.8 Å². The van der Waals surface area contributed by atoms with Crippen LogP contribution >= 0.6 is 0 Å². The second kappa shape index (κ2) is 11.7. The van der Waals surface area contributed by atoms with Crippen LogP contribution in [0, 0.1) is 17.6 Å². The molecular formula is C27H31F2N7O5S2. The van der Waals surface area contributed by atoms with Gasteiger partial charge in [0.25, 0.3) is 0 Å². The zero-order valence-electron chi connectivity index (χ0n) is 23.6. The Balaban J connectivity index is 1.40. The van der Waals surface area contributed by atoms with Crippen molar-refractivity contribution < 1.29 is 30.4 Å². The number of imidazole rings is 1. The van der Waals surface area contributed by atoms with Gasteiger partial charge in [-0.05, 0) is 30.3 Å². The van der Waals surface area contributed by atoms with Gasteiger partial charge in [0, 0.05) is 43.8 Å². The van der Waals surface area contributed by atoms with Crippen LogP contribution in [0.4, 0.5) is 26.1 Å². The number of hydrogen-bond donors (Lipinski definition) is 2. The molecule has 4 aromatic rings. The molecule has 0 saturated carbocycles. The SMILES string of the molecule is C[C@H]1CN(c2ccncc2Nc2ncc3ccc(-c4c(F)cc(S(C)(=O)=O)cc4F)nn23)C[C@@H](N)[C@H]1OCCS(C)(=O)=O. The molecule has 0 radical (unpaired) electrons. The molecule has 5 rings (SSSR count). The van der Waals surface area contributed by atoms with Gasteiger partial charge >= 0.3 is 0 Å². The Labute approximate surface area is 247 Å². The molecule has 43 heavy (non-hydrogen) atoms. The molecule has 3 atom stereocenters. The highest BCUT2D eigenvalue weighted by atomic mass is 32.2. The van der Waals surface area contributed by atoms with E-state index in [2.05, 4.69) is 25.3 Å². The molecule has 16 heteroatoms. The number of nitrogens with two attached hydrogens (primary N) is 1. The molecule has 1 aliphatic heterocycles. The second-order valence-electron chi connectivity index (χ2n) is 10.7. The highest BCUT2D eigenvalue weighted by molar-refractivity contribution is 7.91. The smallest absolute Gasteiger partial charge is 0.229 e. The van der Waals surface area contributed by atoms with E-state index in [1.165, 1.54) is 16.8 Å². The van der Waals surface area contributed by atoms with Crippen molar-refractivity contribution >= 4 is 42.5 Å². The Hall–Kier alpha value is -3.73. The van der Waals surface area contributed by atoms with Crippen LogP contribution in [-0.2, 0) is 24.4 Å². The molecule has 0 unspecified atom stereocenters. The first kappa shape index (κ1) is 30.7. The highest BCUT2D eigenvalue weighted by Gasteiger charge is 2.34. The summed E-state index contributed by atoms with van der Waals surface area (Å²) < 4.78 is 83.7. The quantitative estimate of drug-likeness (QED) is 0.278. The van der Waals surface area contributed by atoms with E-state index < -0.39 is 41.8 Å². The van der Waals surface area contributed by atoms with Crippen LogP contribution in [-0.4, -0.2) is 86.5 Å². The van der Waals surface area contributed by atoms with Crippen molar-refractivity contribution in [2.45, 2.75) is 24.0 Å². The van der Waals surface area contributed by atoms with Crippen LogP contribution in [0.5, 0.6) is 0 Å². The van der Waals surface area contributed by atoms with Gasteiger partial charge in [-0.3, -0.25) is 4.98 Å². The molecule has 0 bridgehead atoms. The maximum atomic E-state index is 14.9. The molecule has 0 spiro atoms. The standard InChI is InChI=1S/C27H31F2N7O5S2/c1-16-14-35(15-21(30)26(16)41-8-9-42(2,37)38)24-6-7-31-13-23(24)33-27-32-12-17-4-5-22(34-36(17)27)25-19(28)10-18(11-20(25)29)43(3,39)40/h4-7,10-13,16,21,26H,8-9,14-15,30H2,1-3H3,(H,32,33)/t16-,21+,26-/m0/s1. The third-order valence-corrected chi connectivity index (χ3v) is 9.16. The third-order valence-electron chi connectivity index (χ3n) is 7.16. The van der Waals surface area contributed by atoms with Crippen LogP contribution in [0.3, 0.4) is 0 Å². The van der Waals surface area contributed by atoms with Crippen molar-refractivity contribution in [3.05, 3.63) is 60.6 Å². The van der Waals surface area contributed by atoms with Crippen molar-refractivity contribution in [3.8, 4) is 11.3 Å². The number of halogens is 2. The van der Waals surface area contributed by atoms with Crippen molar-refractivity contribution in [2.75, 3.05) is 48.2 Å². The summed E-state index contributed by atoms with van der Waals surface area (Å²) in [6.07, 6.45) is 6.49. The number of anilines is 3. The molecule has 0 aliphatic carbocycles. The Morgan fingerprint density at radius 3 is 2.44 bits per heavy atom. The summed E-state index contributed by atoms with van der Waals surface area (Å²) in [7, 11) is -6.97. The second-order valence-corrected chi connectivity index (χ2v) is 15.0. The molecule has 1 aliphatic rings. The van der Waals surface area contributed by atoms with E-state index in [1.807, 2.05) is 13.0 Å². The fraction of sp³-hybridized carbons (Fsp3) is 0.370. The van der Waals surface area contributed by atoms with Gasteiger partial charge in [0.2, 0.25) is 5.95 Å². The van der Waals surface area contributed by atoms with E-state index in [1.54, 1.807) is 18.5 Å². The number of nitrogens with one attached hydrogen (secondary N) is 1. The third kappa shape index (κ3) is 6.76. The van der Waals surface area contributed by atoms with E-state index in [4.69, 9.17) is 10.5 Å². The van der Waals surface area contributed by atoms with Crippen molar-refractivity contribution in [1.82, 2.24) is 19.6 Å². The summed E-state index contributed by atoms with van der Waals surface area (Å²) in [5.41, 5.74) is 7.81.